The zero-order valence-electron chi connectivity index (χ0n) is 11.8. The molecular weight excluding hydrogens is 240 g/mol. The number of hydrogen-bond donors (Lipinski definition) is 2. The summed E-state index contributed by atoms with van der Waals surface area (Å²) in [6.07, 6.45) is 1.19. The van der Waals surface area contributed by atoms with E-state index in [9.17, 15) is 9.59 Å². The maximum absolute atomic E-state index is 11.9. The first kappa shape index (κ1) is 15.2. The Labute approximate surface area is 114 Å². The highest BCUT2D eigenvalue weighted by Gasteiger charge is 2.13. The lowest BCUT2D eigenvalue weighted by molar-refractivity contribution is -0.122. The van der Waals surface area contributed by atoms with E-state index >= 15 is 0 Å². The lowest BCUT2D eigenvalue weighted by atomic mass is 10.1. The third kappa shape index (κ3) is 5.55. The smallest absolute Gasteiger partial charge is 0.251 e. The zero-order chi connectivity index (χ0) is 14.3. The fraction of sp³-hybridized carbons (Fsp3) is 0.467. The van der Waals surface area contributed by atoms with Gasteiger partial charge in [0.2, 0.25) is 5.91 Å². The van der Waals surface area contributed by atoms with Crippen molar-refractivity contribution in [2.45, 2.75) is 45.7 Å². The second-order valence-corrected chi connectivity index (χ2v) is 4.82. The number of nitrogens with one attached hydrogen (secondary N) is 2. The SMILES string of the molecule is CCC(C)NC(=O)CC(C)NC(=O)c1ccccc1. The molecule has 0 aromatic heterocycles. The van der Waals surface area contributed by atoms with Crippen LogP contribution in [0.5, 0.6) is 0 Å². The molecular formula is C15H22N2O2. The van der Waals surface area contributed by atoms with Crippen molar-refractivity contribution in [1.82, 2.24) is 10.6 Å². The largest absolute Gasteiger partial charge is 0.354 e. The first-order valence-electron chi connectivity index (χ1n) is 6.68. The van der Waals surface area contributed by atoms with Crippen molar-refractivity contribution in [2.24, 2.45) is 0 Å². The molecule has 0 saturated carbocycles. The minimum atomic E-state index is -0.184. The van der Waals surface area contributed by atoms with Crippen molar-refractivity contribution in [2.75, 3.05) is 0 Å². The molecule has 0 aliphatic rings. The Kier molecular flexibility index (Phi) is 6.06. The van der Waals surface area contributed by atoms with Crippen LogP contribution < -0.4 is 10.6 Å². The second-order valence-electron chi connectivity index (χ2n) is 4.82. The van der Waals surface area contributed by atoms with Crippen molar-refractivity contribution >= 4 is 11.8 Å². The van der Waals surface area contributed by atoms with E-state index in [-0.39, 0.29) is 23.9 Å². The van der Waals surface area contributed by atoms with E-state index in [1.165, 1.54) is 0 Å². The average molecular weight is 262 g/mol. The fourth-order valence-corrected chi connectivity index (χ4v) is 1.66. The van der Waals surface area contributed by atoms with Crippen LogP contribution in [0.15, 0.2) is 30.3 Å². The van der Waals surface area contributed by atoms with Gasteiger partial charge >= 0.3 is 0 Å². The molecule has 1 aromatic carbocycles. The summed E-state index contributed by atoms with van der Waals surface area (Å²) in [6, 6.07) is 8.98. The molecule has 0 aliphatic heterocycles. The summed E-state index contributed by atoms with van der Waals surface area (Å²) in [4.78, 5) is 23.6. The van der Waals surface area contributed by atoms with E-state index < -0.39 is 0 Å². The van der Waals surface area contributed by atoms with Gasteiger partial charge in [0.15, 0.2) is 0 Å². The lowest BCUT2D eigenvalue weighted by Crippen LogP contribution is -2.39. The van der Waals surface area contributed by atoms with Gasteiger partial charge in [-0.2, -0.15) is 0 Å². The number of carbonyl (C=O) groups is 2. The molecule has 0 heterocycles. The van der Waals surface area contributed by atoms with Gasteiger partial charge in [0.1, 0.15) is 0 Å². The molecule has 4 nitrogen and oxygen atoms in total. The molecule has 2 N–H and O–H groups in total. The first-order chi connectivity index (χ1) is 9.02. The highest BCUT2D eigenvalue weighted by Crippen LogP contribution is 2.00. The van der Waals surface area contributed by atoms with Crippen LogP contribution in [0.4, 0.5) is 0 Å². The predicted octanol–water partition coefficient (Wildman–Crippen LogP) is 2.11. The molecule has 2 amide bonds. The van der Waals surface area contributed by atoms with Crippen molar-refractivity contribution in [1.29, 1.82) is 0 Å². The standard InChI is InChI=1S/C15H22N2O2/c1-4-11(2)16-14(18)10-12(3)17-15(19)13-8-6-5-7-9-13/h5-9,11-12H,4,10H2,1-3H3,(H,16,18)(H,17,19). The zero-order valence-corrected chi connectivity index (χ0v) is 11.8. The molecule has 2 unspecified atom stereocenters. The minimum absolute atomic E-state index is 0.0322. The van der Waals surface area contributed by atoms with Gasteiger partial charge in [-0.25, -0.2) is 0 Å². The Hall–Kier alpha value is -1.84. The van der Waals surface area contributed by atoms with Crippen molar-refractivity contribution < 1.29 is 9.59 Å². The predicted molar refractivity (Wildman–Crippen MR) is 75.9 cm³/mol. The Bertz CT molecular complexity index is 417. The second kappa shape index (κ2) is 7.56. The van der Waals surface area contributed by atoms with E-state index in [0.29, 0.717) is 12.0 Å². The number of carbonyl (C=O) groups excluding carboxylic acids is 2. The third-order valence-corrected chi connectivity index (χ3v) is 2.92. The molecule has 1 aromatic rings. The van der Waals surface area contributed by atoms with Crippen LogP contribution in [-0.4, -0.2) is 23.9 Å². The van der Waals surface area contributed by atoms with Crippen LogP contribution in [0.1, 0.15) is 44.0 Å². The molecule has 0 spiro atoms. The van der Waals surface area contributed by atoms with Crippen LogP contribution in [-0.2, 0) is 4.79 Å². The van der Waals surface area contributed by atoms with Crippen LogP contribution in [0.25, 0.3) is 0 Å². The van der Waals surface area contributed by atoms with E-state index in [1.54, 1.807) is 12.1 Å². The molecule has 4 heteroatoms. The number of amides is 2. The fourth-order valence-electron chi connectivity index (χ4n) is 1.66. The third-order valence-electron chi connectivity index (χ3n) is 2.92. The van der Waals surface area contributed by atoms with Crippen molar-refractivity contribution in [3.8, 4) is 0 Å². The Morgan fingerprint density at radius 1 is 1.05 bits per heavy atom. The maximum atomic E-state index is 11.9. The summed E-state index contributed by atoms with van der Waals surface area (Å²) in [5.41, 5.74) is 0.608. The van der Waals surface area contributed by atoms with Gasteiger partial charge < -0.3 is 10.6 Å². The van der Waals surface area contributed by atoms with E-state index in [0.717, 1.165) is 6.42 Å². The van der Waals surface area contributed by atoms with Gasteiger partial charge in [-0.3, -0.25) is 9.59 Å². The summed E-state index contributed by atoms with van der Waals surface area (Å²) in [6.45, 7) is 5.81. The molecule has 2 atom stereocenters. The van der Waals surface area contributed by atoms with E-state index in [1.807, 2.05) is 39.0 Å². The number of hydrogen-bond acceptors (Lipinski definition) is 2. The maximum Gasteiger partial charge on any atom is 0.251 e. The molecule has 19 heavy (non-hydrogen) atoms. The minimum Gasteiger partial charge on any atom is -0.354 e. The number of rotatable bonds is 6. The molecule has 0 radical (unpaired) electrons. The lowest BCUT2D eigenvalue weighted by Gasteiger charge is -2.16. The monoisotopic (exact) mass is 262 g/mol. The quantitative estimate of drug-likeness (QED) is 0.825. The average Bonchev–Trinajstić information content (AvgIpc) is 2.39. The summed E-state index contributed by atoms with van der Waals surface area (Å²) < 4.78 is 0. The molecule has 104 valence electrons. The van der Waals surface area contributed by atoms with Crippen LogP contribution in [0.3, 0.4) is 0 Å². The van der Waals surface area contributed by atoms with Crippen LogP contribution >= 0.6 is 0 Å². The molecule has 0 aliphatic carbocycles. The van der Waals surface area contributed by atoms with Gasteiger partial charge in [-0.05, 0) is 32.4 Å². The van der Waals surface area contributed by atoms with Gasteiger partial charge in [-0.1, -0.05) is 25.1 Å². The molecule has 1 rings (SSSR count). The Balaban J connectivity index is 2.41. The highest BCUT2D eigenvalue weighted by atomic mass is 16.2. The molecule has 0 saturated heterocycles. The van der Waals surface area contributed by atoms with Gasteiger partial charge in [0.05, 0.1) is 0 Å². The Morgan fingerprint density at radius 2 is 1.68 bits per heavy atom. The van der Waals surface area contributed by atoms with Gasteiger partial charge in [-0.15, -0.1) is 0 Å². The topological polar surface area (TPSA) is 58.2 Å². The van der Waals surface area contributed by atoms with Gasteiger partial charge in [0, 0.05) is 24.1 Å². The van der Waals surface area contributed by atoms with Gasteiger partial charge in [0.25, 0.3) is 5.91 Å². The molecule has 0 bridgehead atoms. The van der Waals surface area contributed by atoms with Crippen molar-refractivity contribution in [3.63, 3.8) is 0 Å². The summed E-state index contributed by atoms with van der Waals surface area (Å²) in [7, 11) is 0. The van der Waals surface area contributed by atoms with E-state index in [2.05, 4.69) is 10.6 Å². The highest BCUT2D eigenvalue weighted by molar-refractivity contribution is 5.94. The van der Waals surface area contributed by atoms with E-state index in [4.69, 9.17) is 0 Å². The summed E-state index contributed by atoms with van der Waals surface area (Å²) in [5, 5.41) is 5.70. The van der Waals surface area contributed by atoms with Crippen LogP contribution in [0, 0.1) is 0 Å². The van der Waals surface area contributed by atoms with Crippen LogP contribution in [0.2, 0.25) is 0 Å². The summed E-state index contributed by atoms with van der Waals surface area (Å²) >= 11 is 0. The number of benzene rings is 1. The Morgan fingerprint density at radius 3 is 2.26 bits per heavy atom. The normalized spacial score (nSPS) is 13.4. The molecule has 0 fully saturated rings. The summed E-state index contributed by atoms with van der Waals surface area (Å²) in [5.74, 6) is -0.181. The first-order valence-corrected chi connectivity index (χ1v) is 6.68. The van der Waals surface area contributed by atoms with Crippen molar-refractivity contribution in [3.05, 3.63) is 35.9 Å².